The van der Waals surface area contributed by atoms with Crippen molar-refractivity contribution in [3.05, 3.63) is 0 Å². The highest BCUT2D eigenvalue weighted by molar-refractivity contribution is 9.10. The monoisotopic (exact) mass is 228 g/mol. The fourth-order valence-corrected chi connectivity index (χ4v) is 0.0952. The first-order chi connectivity index (χ1) is 3.89. The fourth-order valence-electron chi connectivity index (χ4n) is 0.0952. The van der Waals surface area contributed by atoms with Crippen LogP contribution in [0.25, 0.3) is 0 Å². The molecule has 0 aromatic carbocycles. The summed E-state index contributed by atoms with van der Waals surface area (Å²) >= 11 is 6.60. The Balaban J connectivity index is 4.01. The minimum Gasteiger partial charge on any atom is -0.207 e. The maximum absolute atomic E-state index is 11.4. The molecule has 0 aliphatic carbocycles. The molecule has 0 bridgehead atoms. The van der Waals surface area contributed by atoms with Crippen LogP contribution < -0.4 is 0 Å². The summed E-state index contributed by atoms with van der Waals surface area (Å²) < 4.78 is 42.7. The second kappa shape index (κ2) is 3.05. The van der Waals surface area contributed by atoms with Gasteiger partial charge in [-0.2, -0.15) is 0 Å². The highest BCUT2D eigenvalue weighted by atomic mass is 79.9. The Labute approximate surface area is 62.3 Å². The molecular weight excluding hydrogens is 227 g/mol. The van der Waals surface area contributed by atoms with Crippen molar-refractivity contribution in [2.24, 2.45) is 0 Å². The topological polar surface area (TPSA) is 0 Å². The number of hydrogen-bond acceptors (Lipinski definition) is 0. The quantitative estimate of drug-likeness (QED) is 0.504. The second-order valence-electron chi connectivity index (χ2n) is 1.28. The van der Waals surface area contributed by atoms with Crippen LogP contribution in [-0.4, -0.2) is 16.6 Å². The number of halogens is 6. The number of hydrogen-bond donors (Lipinski definition) is 0. The molecule has 0 radical (unpaired) electrons. The van der Waals surface area contributed by atoms with Crippen LogP contribution in [0.5, 0.6) is 0 Å². The van der Waals surface area contributed by atoms with Gasteiger partial charge in [-0.25, -0.2) is 17.6 Å². The predicted octanol–water partition coefficient (Wildman–Crippen LogP) is 2.85. The van der Waals surface area contributed by atoms with Gasteiger partial charge >= 0.3 is 0 Å². The zero-order valence-electron chi connectivity index (χ0n) is 3.92. The van der Waals surface area contributed by atoms with Gasteiger partial charge in [0.15, 0.2) is 0 Å². The lowest BCUT2D eigenvalue weighted by atomic mass is 10.5. The Kier molecular flexibility index (Phi) is 3.22. The Bertz CT molecular complexity index is 83.8. The molecule has 0 saturated carbocycles. The first kappa shape index (κ1) is 9.49. The lowest BCUT2D eigenvalue weighted by Crippen LogP contribution is -2.31. The van der Waals surface area contributed by atoms with Crippen molar-refractivity contribution in [1.29, 1.82) is 0 Å². The summed E-state index contributed by atoms with van der Waals surface area (Å²) in [4.78, 5) is 0. The minimum atomic E-state index is -3.28. The van der Waals surface area contributed by atoms with Crippen molar-refractivity contribution < 1.29 is 17.6 Å². The van der Waals surface area contributed by atoms with Crippen LogP contribution in [0.3, 0.4) is 0 Å². The van der Waals surface area contributed by atoms with Gasteiger partial charge in [0.05, 0.1) is 0 Å². The Morgan fingerprint density at radius 2 is 1.33 bits per heavy atom. The molecule has 0 saturated heterocycles. The summed E-state index contributed by atoms with van der Waals surface area (Å²) in [5, 5.41) is 0. The SMILES string of the molecule is FC(F)C(Cl)(Br)C(F)F. The van der Waals surface area contributed by atoms with E-state index < -0.39 is 16.6 Å². The van der Waals surface area contributed by atoms with E-state index in [1.54, 1.807) is 0 Å². The molecule has 0 fully saturated rings. The Hall–Kier alpha value is 0.490. The van der Waals surface area contributed by atoms with Gasteiger partial charge < -0.3 is 0 Å². The van der Waals surface area contributed by atoms with Gasteiger partial charge in [-0.3, -0.25) is 0 Å². The van der Waals surface area contributed by atoms with Crippen LogP contribution in [-0.2, 0) is 0 Å². The molecule has 6 heteroatoms. The Morgan fingerprint density at radius 3 is 1.33 bits per heavy atom. The third-order valence-corrected chi connectivity index (χ3v) is 1.60. The summed E-state index contributed by atoms with van der Waals surface area (Å²) in [5.74, 6) is 0. The molecule has 0 atom stereocenters. The molecule has 9 heavy (non-hydrogen) atoms. The van der Waals surface area contributed by atoms with Crippen molar-refractivity contribution in [2.45, 2.75) is 16.6 Å². The summed E-state index contributed by atoms with van der Waals surface area (Å²) in [6.45, 7) is 0. The molecule has 0 aromatic heterocycles. The third kappa shape index (κ3) is 2.29. The molecule has 0 unspecified atom stereocenters. The lowest BCUT2D eigenvalue weighted by molar-refractivity contribution is 0.0376. The van der Waals surface area contributed by atoms with Crippen molar-refractivity contribution in [1.82, 2.24) is 0 Å². The van der Waals surface area contributed by atoms with Gasteiger partial charge in [0.2, 0.25) is 3.78 Å². The molecule has 0 heterocycles. The third-order valence-electron chi connectivity index (χ3n) is 0.582. The van der Waals surface area contributed by atoms with E-state index in [0.717, 1.165) is 0 Å². The zero-order valence-corrected chi connectivity index (χ0v) is 6.26. The van der Waals surface area contributed by atoms with Gasteiger partial charge in [0, 0.05) is 0 Å². The standard InChI is InChI=1S/C3H2BrClF4/c4-3(5,1(6)7)2(8)9/h1-2H. The number of rotatable bonds is 2. The highest BCUT2D eigenvalue weighted by Gasteiger charge is 2.44. The van der Waals surface area contributed by atoms with Gasteiger partial charge in [0.1, 0.15) is 0 Å². The van der Waals surface area contributed by atoms with E-state index in [0.29, 0.717) is 0 Å². The molecular formula is C3H2BrClF4. The molecule has 0 aliphatic rings. The van der Waals surface area contributed by atoms with E-state index in [4.69, 9.17) is 0 Å². The fraction of sp³-hybridized carbons (Fsp3) is 1.00. The highest BCUT2D eigenvalue weighted by Crippen LogP contribution is 2.36. The first-order valence-electron chi connectivity index (χ1n) is 1.83. The van der Waals surface area contributed by atoms with Crippen LogP contribution in [0.15, 0.2) is 0 Å². The summed E-state index contributed by atoms with van der Waals surface area (Å²) in [7, 11) is 0. The van der Waals surface area contributed by atoms with E-state index in [-0.39, 0.29) is 0 Å². The van der Waals surface area contributed by atoms with Gasteiger partial charge in [0.25, 0.3) is 12.9 Å². The first-order valence-corrected chi connectivity index (χ1v) is 3.00. The molecule has 56 valence electrons. The molecule has 0 aromatic rings. The Morgan fingerprint density at radius 1 is 1.11 bits per heavy atom. The van der Waals surface area contributed by atoms with Crippen LogP contribution >= 0.6 is 27.5 Å². The summed E-state index contributed by atoms with van der Waals surface area (Å²) in [6.07, 6.45) is -6.56. The average Bonchev–Trinajstić information content (AvgIpc) is 1.65. The molecule has 0 rings (SSSR count). The van der Waals surface area contributed by atoms with Gasteiger partial charge in [-0.15, -0.1) is 0 Å². The van der Waals surface area contributed by atoms with E-state index in [2.05, 4.69) is 11.6 Å². The summed E-state index contributed by atoms with van der Waals surface area (Å²) in [6, 6.07) is 0. The predicted molar refractivity (Wildman–Crippen MR) is 29.5 cm³/mol. The van der Waals surface area contributed by atoms with Crippen LogP contribution in [0.2, 0.25) is 0 Å². The zero-order chi connectivity index (χ0) is 7.65. The van der Waals surface area contributed by atoms with Crippen molar-refractivity contribution in [3.63, 3.8) is 0 Å². The smallest absolute Gasteiger partial charge is 0.207 e. The maximum atomic E-state index is 11.4. The second-order valence-corrected chi connectivity index (χ2v) is 3.67. The molecule has 0 spiro atoms. The average molecular weight is 229 g/mol. The maximum Gasteiger partial charge on any atom is 0.272 e. The van der Waals surface area contributed by atoms with Gasteiger partial charge in [-0.1, -0.05) is 27.5 Å². The minimum absolute atomic E-state index is 1.98. The van der Waals surface area contributed by atoms with Gasteiger partial charge in [-0.05, 0) is 0 Å². The lowest BCUT2D eigenvalue weighted by Gasteiger charge is -2.16. The van der Waals surface area contributed by atoms with Crippen LogP contribution in [0.4, 0.5) is 17.6 Å². The van der Waals surface area contributed by atoms with E-state index in [1.165, 1.54) is 0 Å². The van der Waals surface area contributed by atoms with Crippen LogP contribution in [0, 0.1) is 0 Å². The number of alkyl halides is 6. The molecule has 0 N–H and O–H groups in total. The van der Waals surface area contributed by atoms with E-state index in [9.17, 15) is 17.6 Å². The summed E-state index contributed by atoms with van der Waals surface area (Å²) in [5.41, 5.74) is 0. The van der Waals surface area contributed by atoms with Crippen LogP contribution in [0.1, 0.15) is 0 Å². The molecule has 0 amide bonds. The molecule has 0 nitrogen and oxygen atoms in total. The molecule has 0 aliphatic heterocycles. The largest absolute Gasteiger partial charge is 0.272 e. The van der Waals surface area contributed by atoms with Crippen molar-refractivity contribution in [2.75, 3.05) is 0 Å². The normalized spacial score (nSPS) is 13.3. The van der Waals surface area contributed by atoms with Crippen molar-refractivity contribution in [3.8, 4) is 0 Å². The van der Waals surface area contributed by atoms with E-state index >= 15 is 0 Å². The van der Waals surface area contributed by atoms with E-state index in [1.807, 2.05) is 15.9 Å². The van der Waals surface area contributed by atoms with Crippen molar-refractivity contribution >= 4 is 27.5 Å².